The van der Waals surface area contributed by atoms with Crippen LogP contribution in [0.15, 0.2) is 48.9 Å². The van der Waals surface area contributed by atoms with Crippen LogP contribution in [-0.4, -0.2) is 20.7 Å². The number of amides is 1. The molecule has 1 unspecified atom stereocenters. The fourth-order valence-corrected chi connectivity index (χ4v) is 3.83. The van der Waals surface area contributed by atoms with Gasteiger partial charge in [-0.25, -0.2) is 4.39 Å². The van der Waals surface area contributed by atoms with Crippen molar-refractivity contribution in [1.82, 2.24) is 14.8 Å². The van der Waals surface area contributed by atoms with E-state index in [1.165, 1.54) is 17.7 Å². The minimum absolute atomic E-state index is 0.0728. The lowest BCUT2D eigenvalue weighted by Crippen LogP contribution is -2.38. The van der Waals surface area contributed by atoms with Gasteiger partial charge in [-0.05, 0) is 54.7 Å². The number of rotatable bonds is 4. The molecule has 28 heavy (non-hydrogen) atoms. The molecule has 1 atom stereocenters. The Balaban J connectivity index is 1.63. The third-order valence-electron chi connectivity index (χ3n) is 5.39. The van der Waals surface area contributed by atoms with Gasteiger partial charge >= 0.3 is 0 Å². The van der Waals surface area contributed by atoms with Crippen LogP contribution >= 0.6 is 0 Å². The van der Waals surface area contributed by atoms with Crippen LogP contribution in [-0.2, 0) is 31.2 Å². The number of hydrogen-bond donors (Lipinski definition) is 0. The van der Waals surface area contributed by atoms with Crippen LogP contribution in [0.3, 0.4) is 0 Å². The quantitative estimate of drug-likeness (QED) is 0.697. The molecule has 0 saturated carbocycles. The molecule has 3 aromatic rings. The van der Waals surface area contributed by atoms with Crippen molar-refractivity contribution in [2.75, 3.05) is 4.90 Å². The molecule has 2 aromatic heterocycles. The number of nitrogens with zero attached hydrogens (tertiary/aromatic N) is 4. The minimum Gasteiger partial charge on any atom is -0.306 e. The summed E-state index contributed by atoms with van der Waals surface area (Å²) in [5, 5.41) is 4.33. The number of aryl methyl sites for hydroxylation is 3. The first-order valence-corrected chi connectivity index (χ1v) is 9.48. The Bertz CT molecular complexity index is 996. The monoisotopic (exact) mass is 378 g/mol. The van der Waals surface area contributed by atoms with Crippen LogP contribution < -0.4 is 4.90 Å². The first-order valence-electron chi connectivity index (χ1n) is 9.48. The van der Waals surface area contributed by atoms with Gasteiger partial charge in [0.1, 0.15) is 5.82 Å². The molecule has 0 bridgehead atoms. The molecule has 0 aliphatic heterocycles. The smallest absolute Gasteiger partial charge is 0.230 e. The number of fused-ring (bicyclic) bond motifs is 1. The summed E-state index contributed by atoms with van der Waals surface area (Å²) in [7, 11) is 1.92. The van der Waals surface area contributed by atoms with E-state index in [-0.39, 0.29) is 17.6 Å². The first-order chi connectivity index (χ1) is 13.5. The lowest BCUT2D eigenvalue weighted by molar-refractivity contribution is -0.122. The molecular weight excluding hydrogens is 355 g/mol. The van der Waals surface area contributed by atoms with Gasteiger partial charge in [-0.15, -0.1) is 0 Å². The molecule has 144 valence electrons. The van der Waals surface area contributed by atoms with Gasteiger partial charge in [0, 0.05) is 31.3 Å². The molecule has 5 nitrogen and oxygen atoms in total. The Kier molecular flexibility index (Phi) is 4.94. The lowest BCUT2D eigenvalue weighted by atomic mass is 9.86. The maximum absolute atomic E-state index is 13.5. The predicted octanol–water partition coefficient (Wildman–Crippen LogP) is 3.60. The highest BCUT2D eigenvalue weighted by molar-refractivity contribution is 5.95. The van der Waals surface area contributed by atoms with Crippen LogP contribution in [0.25, 0.3) is 0 Å². The summed E-state index contributed by atoms with van der Waals surface area (Å²) in [5.74, 6) is -0.317. The van der Waals surface area contributed by atoms with Crippen LogP contribution in [0.5, 0.6) is 0 Å². The van der Waals surface area contributed by atoms with E-state index in [1.807, 2.05) is 30.9 Å². The SMILES string of the molecule is Cc1cncc(N(Cc2ccc(F)cc2)C(=O)C2CCc3cnn(C)c3C2)c1. The molecular formula is C22H23FN4O. The molecule has 1 aromatic carbocycles. The van der Waals surface area contributed by atoms with Crippen molar-refractivity contribution in [3.05, 3.63) is 77.1 Å². The van der Waals surface area contributed by atoms with E-state index in [9.17, 15) is 9.18 Å². The Morgan fingerprint density at radius 1 is 1.25 bits per heavy atom. The topological polar surface area (TPSA) is 51.0 Å². The minimum atomic E-state index is -0.283. The van der Waals surface area contributed by atoms with Crippen LogP contribution in [0.2, 0.25) is 0 Å². The van der Waals surface area contributed by atoms with Crippen molar-refractivity contribution >= 4 is 11.6 Å². The summed E-state index contributed by atoms with van der Waals surface area (Å²) in [6.07, 6.45) is 7.73. The van der Waals surface area contributed by atoms with Gasteiger partial charge in [-0.2, -0.15) is 5.10 Å². The zero-order chi connectivity index (χ0) is 19.7. The number of benzene rings is 1. The van der Waals surface area contributed by atoms with Crippen LogP contribution in [0, 0.1) is 18.7 Å². The molecule has 6 heteroatoms. The average molecular weight is 378 g/mol. The number of halogens is 1. The molecule has 2 heterocycles. The number of carbonyl (C=O) groups is 1. The Hall–Kier alpha value is -3.02. The zero-order valence-corrected chi connectivity index (χ0v) is 16.1. The highest BCUT2D eigenvalue weighted by Gasteiger charge is 2.31. The Labute approximate surface area is 163 Å². The van der Waals surface area contributed by atoms with Crippen molar-refractivity contribution < 1.29 is 9.18 Å². The van der Waals surface area contributed by atoms with Crippen molar-refractivity contribution in [3.63, 3.8) is 0 Å². The maximum Gasteiger partial charge on any atom is 0.230 e. The van der Waals surface area contributed by atoms with Crippen LogP contribution in [0.1, 0.15) is 28.8 Å². The van der Waals surface area contributed by atoms with E-state index < -0.39 is 0 Å². The van der Waals surface area contributed by atoms with Gasteiger partial charge in [-0.3, -0.25) is 14.5 Å². The largest absolute Gasteiger partial charge is 0.306 e. The molecule has 1 amide bonds. The van der Waals surface area contributed by atoms with E-state index in [4.69, 9.17) is 0 Å². The maximum atomic E-state index is 13.5. The van der Waals surface area contributed by atoms with E-state index >= 15 is 0 Å². The molecule has 0 fully saturated rings. The summed E-state index contributed by atoms with van der Waals surface area (Å²) in [6.45, 7) is 2.35. The normalized spacial score (nSPS) is 15.9. The summed E-state index contributed by atoms with van der Waals surface area (Å²) in [6, 6.07) is 8.26. The second kappa shape index (κ2) is 7.54. The zero-order valence-electron chi connectivity index (χ0n) is 16.1. The van der Waals surface area contributed by atoms with Crippen molar-refractivity contribution in [2.24, 2.45) is 13.0 Å². The highest BCUT2D eigenvalue weighted by atomic mass is 19.1. The number of aromatic nitrogens is 3. The molecule has 4 rings (SSSR count). The standard InChI is InChI=1S/C22H23FN4O/c1-15-9-20(13-24-11-15)27(14-16-3-7-19(23)8-4-16)22(28)17-5-6-18-12-25-26(2)21(18)10-17/h3-4,7-9,11-13,17H,5-6,10,14H2,1-2H3. The number of pyridine rings is 1. The first kappa shape index (κ1) is 18.3. The van der Waals surface area contributed by atoms with Gasteiger partial charge in [0.05, 0.1) is 24.6 Å². The number of carbonyl (C=O) groups excluding carboxylic acids is 1. The second-order valence-electron chi connectivity index (χ2n) is 7.45. The lowest BCUT2D eigenvalue weighted by Gasteiger charge is -2.30. The summed E-state index contributed by atoms with van der Waals surface area (Å²) in [4.78, 5) is 19.6. The van der Waals surface area contributed by atoms with Crippen molar-refractivity contribution in [3.8, 4) is 0 Å². The van der Waals surface area contributed by atoms with Gasteiger partial charge in [0.2, 0.25) is 5.91 Å². The molecule has 0 N–H and O–H groups in total. The third-order valence-corrected chi connectivity index (χ3v) is 5.39. The van der Waals surface area contributed by atoms with E-state index in [1.54, 1.807) is 29.4 Å². The molecule has 1 aliphatic carbocycles. The second-order valence-corrected chi connectivity index (χ2v) is 7.45. The highest BCUT2D eigenvalue weighted by Crippen LogP contribution is 2.29. The van der Waals surface area contributed by atoms with E-state index in [0.717, 1.165) is 35.3 Å². The molecule has 0 radical (unpaired) electrons. The third kappa shape index (κ3) is 3.67. The van der Waals surface area contributed by atoms with Crippen LogP contribution in [0.4, 0.5) is 10.1 Å². The van der Waals surface area contributed by atoms with E-state index in [2.05, 4.69) is 10.1 Å². The Morgan fingerprint density at radius 3 is 2.79 bits per heavy atom. The molecule has 0 spiro atoms. The summed E-state index contributed by atoms with van der Waals surface area (Å²) < 4.78 is 15.2. The van der Waals surface area contributed by atoms with Crippen molar-refractivity contribution in [1.29, 1.82) is 0 Å². The predicted molar refractivity (Wildman–Crippen MR) is 105 cm³/mol. The van der Waals surface area contributed by atoms with Gasteiger partial charge in [0.15, 0.2) is 0 Å². The fourth-order valence-electron chi connectivity index (χ4n) is 3.83. The number of hydrogen-bond acceptors (Lipinski definition) is 3. The number of anilines is 1. The Morgan fingerprint density at radius 2 is 2.04 bits per heavy atom. The van der Waals surface area contributed by atoms with Gasteiger partial charge < -0.3 is 4.90 Å². The summed E-state index contributed by atoms with van der Waals surface area (Å²) >= 11 is 0. The summed E-state index contributed by atoms with van der Waals surface area (Å²) in [5.41, 5.74) is 5.01. The van der Waals surface area contributed by atoms with Gasteiger partial charge in [0.25, 0.3) is 0 Å². The molecule has 1 aliphatic rings. The average Bonchev–Trinajstić information content (AvgIpc) is 3.07. The molecule has 0 saturated heterocycles. The van der Waals surface area contributed by atoms with Crippen molar-refractivity contribution in [2.45, 2.75) is 32.7 Å². The fraction of sp³-hybridized carbons (Fsp3) is 0.318. The van der Waals surface area contributed by atoms with E-state index in [0.29, 0.717) is 13.0 Å². The van der Waals surface area contributed by atoms with Gasteiger partial charge in [-0.1, -0.05) is 12.1 Å².